The monoisotopic (exact) mass is 391 g/mol. The maximum absolute atomic E-state index is 13.1. The summed E-state index contributed by atoms with van der Waals surface area (Å²) in [6.07, 6.45) is 3.23. The molecule has 5 nitrogen and oxygen atoms in total. The number of rotatable bonds is 4. The van der Waals surface area contributed by atoms with Gasteiger partial charge in [-0.3, -0.25) is 4.79 Å². The molecule has 0 radical (unpaired) electrons. The topological polar surface area (TPSA) is 62.7 Å². The van der Waals surface area contributed by atoms with E-state index < -0.39 is 0 Å². The highest BCUT2D eigenvalue weighted by Gasteiger charge is 2.20. The first kappa shape index (κ1) is 18.8. The second kappa shape index (κ2) is 8.22. The molecule has 1 aromatic heterocycles. The Balaban J connectivity index is 1.33. The van der Waals surface area contributed by atoms with Crippen molar-refractivity contribution in [2.75, 3.05) is 36.8 Å². The SMILES string of the molecule is Nc1ccc(-c2ccc(/C=C/C(=O)N3CCN(c4ccc(F)cc4)CC3)o2)cc1. The van der Waals surface area contributed by atoms with Crippen LogP contribution in [0.3, 0.4) is 0 Å². The van der Waals surface area contributed by atoms with Crippen molar-refractivity contribution in [2.45, 2.75) is 0 Å². The number of hydrogen-bond acceptors (Lipinski definition) is 4. The van der Waals surface area contributed by atoms with Gasteiger partial charge in [0.15, 0.2) is 0 Å². The van der Waals surface area contributed by atoms with Gasteiger partial charge in [-0.25, -0.2) is 4.39 Å². The molecule has 0 unspecified atom stereocenters. The summed E-state index contributed by atoms with van der Waals surface area (Å²) in [7, 11) is 0. The molecule has 1 aliphatic heterocycles. The maximum atomic E-state index is 13.1. The number of nitrogens with zero attached hydrogens (tertiary/aromatic N) is 2. The van der Waals surface area contributed by atoms with E-state index in [9.17, 15) is 9.18 Å². The number of anilines is 2. The molecule has 2 aromatic carbocycles. The van der Waals surface area contributed by atoms with Gasteiger partial charge in [-0.05, 0) is 66.7 Å². The van der Waals surface area contributed by atoms with Crippen LogP contribution in [0.2, 0.25) is 0 Å². The number of carbonyl (C=O) groups is 1. The number of nitrogens with two attached hydrogens (primary N) is 1. The molecule has 4 rings (SSSR count). The molecule has 2 N–H and O–H groups in total. The van der Waals surface area contributed by atoms with Crippen LogP contribution in [0.25, 0.3) is 17.4 Å². The third-order valence-corrected chi connectivity index (χ3v) is 5.00. The van der Waals surface area contributed by atoms with E-state index in [4.69, 9.17) is 10.2 Å². The average molecular weight is 391 g/mol. The van der Waals surface area contributed by atoms with Crippen LogP contribution < -0.4 is 10.6 Å². The first-order valence-corrected chi connectivity index (χ1v) is 9.52. The molecule has 6 heteroatoms. The van der Waals surface area contributed by atoms with E-state index in [-0.39, 0.29) is 11.7 Å². The summed E-state index contributed by atoms with van der Waals surface area (Å²) in [4.78, 5) is 16.4. The van der Waals surface area contributed by atoms with Crippen molar-refractivity contribution < 1.29 is 13.6 Å². The number of hydrogen-bond donors (Lipinski definition) is 1. The summed E-state index contributed by atoms with van der Waals surface area (Å²) in [6, 6.07) is 17.6. The molecule has 148 valence electrons. The molecule has 3 aromatic rings. The summed E-state index contributed by atoms with van der Waals surface area (Å²) in [6.45, 7) is 2.67. The predicted molar refractivity (Wildman–Crippen MR) is 113 cm³/mol. The summed E-state index contributed by atoms with van der Waals surface area (Å²) >= 11 is 0. The quantitative estimate of drug-likeness (QED) is 0.539. The van der Waals surface area contributed by atoms with Crippen LogP contribution in [0.1, 0.15) is 5.76 Å². The summed E-state index contributed by atoms with van der Waals surface area (Å²) in [5, 5.41) is 0. The summed E-state index contributed by atoms with van der Waals surface area (Å²) in [5.41, 5.74) is 8.31. The Kier molecular flexibility index (Phi) is 5.33. The lowest BCUT2D eigenvalue weighted by molar-refractivity contribution is -0.126. The zero-order valence-corrected chi connectivity index (χ0v) is 15.9. The molecule has 0 saturated carbocycles. The fraction of sp³-hybridized carbons (Fsp3) is 0.174. The van der Waals surface area contributed by atoms with Crippen molar-refractivity contribution in [3.8, 4) is 11.3 Å². The van der Waals surface area contributed by atoms with E-state index in [2.05, 4.69) is 4.90 Å². The zero-order valence-electron chi connectivity index (χ0n) is 15.9. The van der Waals surface area contributed by atoms with Gasteiger partial charge >= 0.3 is 0 Å². The maximum Gasteiger partial charge on any atom is 0.246 e. The Hall–Kier alpha value is -3.54. The van der Waals surface area contributed by atoms with Gasteiger partial charge in [0.1, 0.15) is 17.3 Å². The number of nitrogen functional groups attached to an aromatic ring is 1. The van der Waals surface area contributed by atoms with Gasteiger partial charge in [-0.15, -0.1) is 0 Å². The number of amides is 1. The molecule has 1 fully saturated rings. The summed E-state index contributed by atoms with van der Waals surface area (Å²) in [5.74, 6) is 1.06. The number of furan rings is 1. The van der Waals surface area contributed by atoms with Crippen LogP contribution in [-0.4, -0.2) is 37.0 Å². The van der Waals surface area contributed by atoms with Crippen LogP contribution in [-0.2, 0) is 4.79 Å². The van der Waals surface area contributed by atoms with Crippen LogP contribution in [0.15, 0.2) is 71.2 Å². The molecular formula is C23H22FN3O2. The third-order valence-electron chi connectivity index (χ3n) is 5.00. The minimum Gasteiger partial charge on any atom is -0.457 e. The fourth-order valence-electron chi connectivity index (χ4n) is 3.34. The highest BCUT2D eigenvalue weighted by atomic mass is 19.1. The molecule has 1 aliphatic rings. The first-order chi connectivity index (χ1) is 14.1. The largest absolute Gasteiger partial charge is 0.457 e. The third kappa shape index (κ3) is 4.48. The molecule has 2 heterocycles. The second-order valence-corrected chi connectivity index (χ2v) is 6.95. The second-order valence-electron chi connectivity index (χ2n) is 6.95. The molecule has 29 heavy (non-hydrogen) atoms. The van der Waals surface area contributed by atoms with Crippen molar-refractivity contribution in [3.63, 3.8) is 0 Å². The van der Waals surface area contributed by atoms with Crippen LogP contribution >= 0.6 is 0 Å². The lowest BCUT2D eigenvalue weighted by atomic mass is 10.1. The standard InChI is InChI=1S/C23H22FN3O2/c24-18-3-7-20(8-4-18)26-13-15-27(16-14-26)23(28)12-10-21-9-11-22(29-21)17-1-5-19(25)6-2-17/h1-12H,13-16,25H2/b12-10+. The van der Waals surface area contributed by atoms with E-state index in [0.29, 0.717) is 37.6 Å². The normalized spacial score (nSPS) is 14.5. The Morgan fingerprint density at radius 3 is 2.31 bits per heavy atom. The van der Waals surface area contributed by atoms with Gasteiger partial charge in [0.2, 0.25) is 5.91 Å². The number of benzene rings is 2. The molecule has 0 atom stereocenters. The van der Waals surface area contributed by atoms with Crippen LogP contribution in [0.4, 0.5) is 15.8 Å². The van der Waals surface area contributed by atoms with Gasteiger partial charge < -0.3 is 20.0 Å². The van der Waals surface area contributed by atoms with Crippen LogP contribution in [0.5, 0.6) is 0 Å². The number of carbonyl (C=O) groups excluding carboxylic acids is 1. The molecular weight excluding hydrogens is 369 g/mol. The van der Waals surface area contributed by atoms with Gasteiger partial charge in [-0.2, -0.15) is 0 Å². The Morgan fingerprint density at radius 2 is 1.62 bits per heavy atom. The molecule has 1 saturated heterocycles. The summed E-state index contributed by atoms with van der Waals surface area (Å²) < 4.78 is 18.9. The van der Waals surface area contributed by atoms with Crippen molar-refractivity contribution in [3.05, 3.63) is 78.3 Å². The molecule has 0 spiro atoms. The van der Waals surface area contributed by atoms with E-state index in [1.165, 1.54) is 12.1 Å². The van der Waals surface area contributed by atoms with Gasteiger partial charge in [-0.1, -0.05) is 0 Å². The fourth-order valence-corrected chi connectivity index (χ4v) is 3.34. The highest BCUT2D eigenvalue weighted by molar-refractivity contribution is 5.91. The lowest BCUT2D eigenvalue weighted by Crippen LogP contribution is -2.48. The predicted octanol–water partition coefficient (Wildman–Crippen LogP) is 4.03. The van der Waals surface area contributed by atoms with E-state index in [0.717, 1.165) is 17.0 Å². The van der Waals surface area contributed by atoms with Gasteiger partial charge in [0.05, 0.1) is 0 Å². The first-order valence-electron chi connectivity index (χ1n) is 9.52. The molecule has 0 bridgehead atoms. The highest BCUT2D eigenvalue weighted by Crippen LogP contribution is 2.24. The number of piperazine rings is 1. The average Bonchev–Trinajstić information content (AvgIpc) is 3.22. The molecule has 1 amide bonds. The Bertz CT molecular complexity index is 1000. The smallest absolute Gasteiger partial charge is 0.246 e. The van der Waals surface area contributed by atoms with Crippen molar-refractivity contribution in [2.24, 2.45) is 0 Å². The van der Waals surface area contributed by atoms with Gasteiger partial charge in [0, 0.05) is 49.2 Å². The molecule has 0 aliphatic carbocycles. The zero-order chi connectivity index (χ0) is 20.2. The van der Waals surface area contributed by atoms with Crippen molar-refractivity contribution >= 4 is 23.4 Å². The Labute approximate surface area is 168 Å². The number of halogens is 1. The Morgan fingerprint density at radius 1 is 0.931 bits per heavy atom. The van der Waals surface area contributed by atoms with Crippen molar-refractivity contribution in [1.82, 2.24) is 4.90 Å². The van der Waals surface area contributed by atoms with Crippen molar-refractivity contribution in [1.29, 1.82) is 0 Å². The lowest BCUT2D eigenvalue weighted by Gasteiger charge is -2.35. The van der Waals surface area contributed by atoms with E-state index in [1.54, 1.807) is 29.2 Å². The van der Waals surface area contributed by atoms with Gasteiger partial charge in [0.25, 0.3) is 0 Å². The minimum absolute atomic E-state index is 0.0470. The van der Waals surface area contributed by atoms with E-state index in [1.807, 2.05) is 36.4 Å². The van der Waals surface area contributed by atoms with Crippen LogP contribution in [0, 0.1) is 5.82 Å². The van der Waals surface area contributed by atoms with E-state index >= 15 is 0 Å². The minimum atomic E-state index is -0.245.